The zero-order chi connectivity index (χ0) is 25.8. The van der Waals surface area contributed by atoms with E-state index in [0.29, 0.717) is 12.1 Å². The summed E-state index contributed by atoms with van der Waals surface area (Å²) in [6.07, 6.45) is 3.08. The third-order valence-corrected chi connectivity index (χ3v) is 8.86. The second kappa shape index (κ2) is 10.7. The molecule has 190 valence electrons. The van der Waals surface area contributed by atoms with Gasteiger partial charge in [0, 0.05) is 12.0 Å². The Balaban J connectivity index is 1.64. The molecular weight excluding hydrogens is 472 g/mol. The van der Waals surface area contributed by atoms with Crippen molar-refractivity contribution in [2.24, 2.45) is 0 Å². The normalized spacial score (nSPS) is 16.5. The maximum absolute atomic E-state index is 13.6. The lowest BCUT2D eigenvalue weighted by atomic mass is 9.83. The summed E-state index contributed by atoms with van der Waals surface area (Å²) in [5.41, 5.74) is 2.08. The van der Waals surface area contributed by atoms with E-state index in [1.165, 1.54) is 4.31 Å². The van der Waals surface area contributed by atoms with E-state index >= 15 is 0 Å². The van der Waals surface area contributed by atoms with Gasteiger partial charge in [0.1, 0.15) is 17.9 Å². The fourth-order valence-electron chi connectivity index (χ4n) is 4.73. The minimum Gasteiger partial charge on any atom is -0.487 e. The molecule has 36 heavy (non-hydrogen) atoms. The van der Waals surface area contributed by atoms with Gasteiger partial charge in [0.25, 0.3) is 10.0 Å². The summed E-state index contributed by atoms with van der Waals surface area (Å²) >= 11 is 0. The average molecular weight is 507 g/mol. The number of hydrogen-bond donors (Lipinski definition) is 1. The van der Waals surface area contributed by atoms with Crippen LogP contribution in [0.5, 0.6) is 5.75 Å². The number of nitrogens with one attached hydrogen (secondary N) is 1. The second-order valence-electron chi connectivity index (χ2n) is 9.20. The monoisotopic (exact) mass is 506 g/mol. The third kappa shape index (κ3) is 5.26. The molecule has 3 aromatic carbocycles. The van der Waals surface area contributed by atoms with Crippen molar-refractivity contribution in [2.45, 2.75) is 63.0 Å². The number of fused-ring (bicyclic) bond motifs is 1. The van der Waals surface area contributed by atoms with Gasteiger partial charge in [0.05, 0.1) is 16.6 Å². The Bertz CT molecular complexity index is 1290. The highest BCUT2D eigenvalue weighted by molar-refractivity contribution is 7.92. The smallest absolute Gasteiger partial charge is 0.264 e. The quantitative estimate of drug-likeness (QED) is 0.407. The molecule has 1 heterocycles. The zero-order valence-corrected chi connectivity index (χ0v) is 21.9. The molecule has 0 radical (unpaired) electrons. The molecule has 1 aliphatic heterocycles. The Morgan fingerprint density at radius 2 is 1.58 bits per heavy atom. The molecule has 1 unspecified atom stereocenters. The van der Waals surface area contributed by atoms with Crippen LogP contribution in [-0.4, -0.2) is 26.5 Å². The van der Waals surface area contributed by atoms with Gasteiger partial charge in [0.2, 0.25) is 5.91 Å². The molecule has 1 N–H and O–H groups in total. The summed E-state index contributed by atoms with van der Waals surface area (Å²) in [6, 6.07) is 23.0. The van der Waals surface area contributed by atoms with Crippen LogP contribution in [0.3, 0.4) is 0 Å². The number of para-hydroxylation sites is 1. The minimum absolute atomic E-state index is 0.143. The topological polar surface area (TPSA) is 75.7 Å². The number of benzene rings is 3. The first-order valence-corrected chi connectivity index (χ1v) is 14.0. The molecular formula is C29H34N2O4S. The molecule has 0 fully saturated rings. The summed E-state index contributed by atoms with van der Waals surface area (Å²) in [5, 5.41) is 3.12. The van der Waals surface area contributed by atoms with Gasteiger partial charge in [-0.1, -0.05) is 69.3 Å². The number of hydrogen-bond acceptors (Lipinski definition) is 4. The molecule has 4 rings (SSSR count). The SMILES string of the molecule is CCc1ccc(N(CC(=O)NC2CC(CC)(CC)Oc3ccccc32)S(=O)(=O)c2ccccc2)cc1. The van der Waals surface area contributed by atoms with Crippen LogP contribution in [0.4, 0.5) is 5.69 Å². The number of aryl methyl sites for hydroxylation is 1. The number of amides is 1. The molecule has 0 aromatic heterocycles. The van der Waals surface area contributed by atoms with Gasteiger partial charge in [-0.05, 0) is 55.2 Å². The maximum Gasteiger partial charge on any atom is 0.264 e. The summed E-state index contributed by atoms with van der Waals surface area (Å²) in [4.78, 5) is 13.6. The maximum atomic E-state index is 13.6. The van der Waals surface area contributed by atoms with Crippen molar-refractivity contribution in [3.8, 4) is 5.75 Å². The van der Waals surface area contributed by atoms with Crippen LogP contribution in [0.1, 0.15) is 57.2 Å². The summed E-state index contributed by atoms with van der Waals surface area (Å²) in [7, 11) is -3.95. The van der Waals surface area contributed by atoms with Gasteiger partial charge < -0.3 is 10.1 Å². The van der Waals surface area contributed by atoms with Crippen molar-refractivity contribution >= 4 is 21.6 Å². The fraction of sp³-hybridized carbons (Fsp3) is 0.345. The zero-order valence-electron chi connectivity index (χ0n) is 21.1. The summed E-state index contributed by atoms with van der Waals surface area (Å²) in [6.45, 7) is 5.89. The van der Waals surface area contributed by atoms with Crippen molar-refractivity contribution < 1.29 is 17.9 Å². The van der Waals surface area contributed by atoms with Gasteiger partial charge in [-0.15, -0.1) is 0 Å². The van der Waals surface area contributed by atoms with Crippen molar-refractivity contribution in [3.05, 3.63) is 90.0 Å². The van der Waals surface area contributed by atoms with E-state index < -0.39 is 10.0 Å². The number of sulfonamides is 1. The molecule has 6 nitrogen and oxygen atoms in total. The number of nitrogens with zero attached hydrogens (tertiary/aromatic N) is 1. The van der Waals surface area contributed by atoms with Crippen molar-refractivity contribution in [1.29, 1.82) is 0 Å². The van der Waals surface area contributed by atoms with Crippen LogP contribution >= 0.6 is 0 Å². The highest BCUT2D eigenvalue weighted by Gasteiger charge is 2.39. The first kappa shape index (κ1) is 25.8. The lowest BCUT2D eigenvalue weighted by Gasteiger charge is -2.41. The predicted molar refractivity (Wildman–Crippen MR) is 143 cm³/mol. The van der Waals surface area contributed by atoms with Crippen LogP contribution in [0, 0.1) is 0 Å². The Kier molecular flexibility index (Phi) is 7.69. The van der Waals surface area contributed by atoms with E-state index in [-0.39, 0.29) is 29.0 Å². The first-order chi connectivity index (χ1) is 17.3. The third-order valence-electron chi connectivity index (χ3n) is 7.07. The van der Waals surface area contributed by atoms with Crippen molar-refractivity contribution in [3.63, 3.8) is 0 Å². The fourth-order valence-corrected chi connectivity index (χ4v) is 6.18. The molecule has 1 amide bonds. The Hall–Kier alpha value is -3.32. The average Bonchev–Trinajstić information content (AvgIpc) is 2.92. The van der Waals surface area contributed by atoms with Gasteiger partial charge >= 0.3 is 0 Å². The van der Waals surface area contributed by atoms with Gasteiger partial charge in [0.15, 0.2) is 0 Å². The lowest BCUT2D eigenvalue weighted by Crippen LogP contribution is -2.47. The van der Waals surface area contributed by atoms with E-state index in [4.69, 9.17) is 4.74 Å². The molecule has 1 atom stereocenters. The summed E-state index contributed by atoms with van der Waals surface area (Å²) in [5.74, 6) is 0.401. The van der Waals surface area contributed by atoms with Crippen molar-refractivity contribution in [1.82, 2.24) is 5.32 Å². The highest BCUT2D eigenvalue weighted by atomic mass is 32.2. The molecule has 0 bridgehead atoms. The number of ether oxygens (including phenoxy) is 1. The van der Waals surface area contributed by atoms with E-state index in [2.05, 4.69) is 19.2 Å². The van der Waals surface area contributed by atoms with E-state index in [1.807, 2.05) is 43.3 Å². The van der Waals surface area contributed by atoms with Gasteiger partial charge in [-0.2, -0.15) is 0 Å². The largest absolute Gasteiger partial charge is 0.487 e. The molecule has 0 spiro atoms. The predicted octanol–water partition coefficient (Wildman–Crippen LogP) is 5.64. The Labute approximate surface area is 214 Å². The van der Waals surface area contributed by atoms with Crippen LogP contribution in [0.15, 0.2) is 83.8 Å². The number of rotatable bonds is 9. The first-order valence-electron chi connectivity index (χ1n) is 12.6. The lowest BCUT2D eigenvalue weighted by molar-refractivity contribution is -0.121. The van der Waals surface area contributed by atoms with Gasteiger partial charge in [-0.25, -0.2) is 8.42 Å². The number of anilines is 1. The molecule has 7 heteroatoms. The van der Waals surface area contributed by atoms with Crippen LogP contribution in [0.2, 0.25) is 0 Å². The standard InChI is InChI=1S/C29H34N2O4S/c1-4-22-16-18-23(19-17-22)31(36(33,34)24-12-8-7-9-13-24)21-28(32)30-26-20-29(5-2,6-3)35-27-15-11-10-14-25(26)27/h7-19,26H,4-6,20-21H2,1-3H3,(H,30,32). The molecule has 0 aliphatic carbocycles. The van der Waals surface area contributed by atoms with Crippen molar-refractivity contribution in [2.75, 3.05) is 10.8 Å². The van der Waals surface area contributed by atoms with E-state index in [9.17, 15) is 13.2 Å². The van der Waals surface area contributed by atoms with E-state index in [0.717, 1.165) is 36.1 Å². The van der Waals surface area contributed by atoms with Crippen LogP contribution in [0.25, 0.3) is 0 Å². The molecule has 0 saturated carbocycles. The van der Waals surface area contributed by atoms with Crippen LogP contribution in [-0.2, 0) is 21.2 Å². The number of carbonyl (C=O) groups excluding carboxylic acids is 1. The Morgan fingerprint density at radius 3 is 2.22 bits per heavy atom. The Morgan fingerprint density at radius 1 is 0.944 bits per heavy atom. The summed E-state index contributed by atoms with van der Waals surface area (Å²) < 4.78 is 34.8. The minimum atomic E-state index is -3.95. The number of carbonyl (C=O) groups is 1. The second-order valence-corrected chi connectivity index (χ2v) is 11.1. The van der Waals surface area contributed by atoms with E-state index in [1.54, 1.807) is 42.5 Å². The molecule has 3 aromatic rings. The highest BCUT2D eigenvalue weighted by Crippen LogP contribution is 2.42. The molecule has 1 aliphatic rings. The van der Waals surface area contributed by atoms with Gasteiger partial charge in [-0.3, -0.25) is 9.10 Å². The molecule has 0 saturated heterocycles. The van der Waals surface area contributed by atoms with Crippen LogP contribution < -0.4 is 14.4 Å².